The van der Waals surface area contributed by atoms with Gasteiger partial charge in [0.25, 0.3) is 5.92 Å². The van der Waals surface area contributed by atoms with Crippen LogP contribution in [0, 0.1) is 11.3 Å². The minimum absolute atomic E-state index is 0.259. The number of rotatable bonds is 3. The number of halogens is 2. The molecule has 4 rings (SSSR count). The van der Waals surface area contributed by atoms with E-state index < -0.39 is 11.8 Å². The zero-order valence-electron chi connectivity index (χ0n) is 14.6. The van der Waals surface area contributed by atoms with E-state index in [4.69, 9.17) is 0 Å². The lowest BCUT2D eigenvalue weighted by atomic mass is 9.71. The summed E-state index contributed by atoms with van der Waals surface area (Å²) in [6, 6.07) is 0. The van der Waals surface area contributed by atoms with E-state index >= 15 is 0 Å². The minimum Gasteiger partial charge on any atom is -0.342 e. The third kappa shape index (κ3) is 3.28. The van der Waals surface area contributed by atoms with Crippen molar-refractivity contribution in [3.05, 3.63) is 12.2 Å². The standard InChI is InChI=1S/C17H25F2N5O/c1-22-12-20-21-14(22)11-23-6-2-16(3-7-23)4-8-24(9-5-16)15(25)13-10-17(13,18)19/h12-13H,2-11H2,1H3. The van der Waals surface area contributed by atoms with Crippen LogP contribution < -0.4 is 0 Å². The molecule has 1 atom stereocenters. The van der Waals surface area contributed by atoms with Crippen molar-refractivity contribution in [2.75, 3.05) is 26.2 Å². The molecule has 3 fully saturated rings. The summed E-state index contributed by atoms with van der Waals surface area (Å²) in [7, 11) is 1.96. The van der Waals surface area contributed by atoms with Crippen molar-refractivity contribution in [2.45, 2.75) is 44.6 Å². The molecule has 3 heterocycles. The molecule has 1 aromatic heterocycles. The van der Waals surface area contributed by atoms with E-state index in [2.05, 4.69) is 15.1 Å². The van der Waals surface area contributed by atoms with Gasteiger partial charge < -0.3 is 9.47 Å². The van der Waals surface area contributed by atoms with Crippen LogP contribution in [0.4, 0.5) is 8.78 Å². The van der Waals surface area contributed by atoms with Crippen molar-refractivity contribution < 1.29 is 13.6 Å². The number of carbonyl (C=O) groups is 1. The van der Waals surface area contributed by atoms with Crippen molar-refractivity contribution in [1.82, 2.24) is 24.6 Å². The quantitative estimate of drug-likeness (QED) is 0.830. The second-order valence-corrected chi connectivity index (χ2v) is 7.98. The van der Waals surface area contributed by atoms with Gasteiger partial charge in [0.2, 0.25) is 5.91 Å². The molecule has 138 valence electrons. The van der Waals surface area contributed by atoms with Crippen molar-refractivity contribution >= 4 is 5.91 Å². The summed E-state index contributed by atoms with van der Waals surface area (Å²) < 4.78 is 28.2. The molecule has 1 amide bonds. The molecule has 6 nitrogen and oxygen atoms in total. The lowest BCUT2D eigenvalue weighted by Gasteiger charge is -2.46. The highest BCUT2D eigenvalue weighted by Crippen LogP contribution is 2.50. The predicted octanol–water partition coefficient (Wildman–Crippen LogP) is 1.67. The second kappa shape index (κ2) is 6.00. The van der Waals surface area contributed by atoms with Gasteiger partial charge >= 0.3 is 0 Å². The van der Waals surface area contributed by atoms with Gasteiger partial charge in [-0.3, -0.25) is 9.69 Å². The summed E-state index contributed by atoms with van der Waals surface area (Å²) in [5, 5.41) is 8.06. The van der Waals surface area contributed by atoms with Crippen LogP contribution in [0.1, 0.15) is 37.9 Å². The topological polar surface area (TPSA) is 54.3 Å². The Morgan fingerprint density at radius 1 is 1.20 bits per heavy atom. The van der Waals surface area contributed by atoms with E-state index in [0.717, 1.165) is 51.1 Å². The predicted molar refractivity (Wildman–Crippen MR) is 86.8 cm³/mol. The number of carbonyl (C=O) groups excluding carboxylic acids is 1. The highest BCUT2D eigenvalue weighted by molar-refractivity contribution is 5.83. The third-order valence-corrected chi connectivity index (χ3v) is 6.35. The number of alkyl halides is 2. The third-order valence-electron chi connectivity index (χ3n) is 6.35. The Labute approximate surface area is 146 Å². The first-order valence-electron chi connectivity index (χ1n) is 9.10. The fourth-order valence-corrected chi connectivity index (χ4v) is 4.24. The van der Waals surface area contributed by atoms with E-state index in [0.29, 0.717) is 13.1 Å². The monoisotopic (exact) mass is 353 g/mol. The SMILES string of the molecule is Cn1cnnc1CN1CCC2(CC1)CCN(C(=O)C1CC1(F)F)CC2. The van der Waals surface area contributed by atoms with E-state index in [1.807, 2.05) is 11.6 Å². The first-order chi connectivity index (χ1) is 11.9. The zero-order valence-corrected chi connectivity index (χ0v) is 14.6. The maximum absolute atomic E-state index is 13.1. The average molecular weight is 353 g/mol. The maximum Gasteiger partial charge on any atom is 0.260 e. The molecule has 1 unspecified atom stereocenters. The van der Waals surface area contributed by atoms with Gasteiger partial charge in [0.1, 0.15) is 18.1 Å². The Bertz CT molecular complexity index is 643. The van der Waals surface area contributed by atoms with Gasteiger partial charge in [-0.05, 0) is 44.2 Å². The zero-order chi connectivity index (χ0) is 17.7. The van der Waals surface area contributed by atoms with Crippen LogP contribution in [0.25, 0.3) is 0 Å². The number of aromatic nitrogens is 3. The van der Waals surface area contributed by atoms with E-state index in [1.54, 1.807) is 11.2 Å². The molecule has 2 saturated heterocycles. The Morgan fingerprint density at radius 3 is 2.32 bits per heavy atom. The van der Waals surface area contributed by atoms with Crippen molar-refractivity contribution in [3.8, 4) is 0 Å². The van der Waals surface area contributed by atoms with E-state index in [9.17, 15) is 13.6 Å². The molecule has 1 spiro atoms. The van der Waals surface area contributed by atoms with Crippen LogP contribution in [-0.4, -0.2) is 62.6 Å². The summed E-state index contributed by atoms with van der Waals surface area (Å²) in [5.41, 5.74) is 0.277. The highest BCUT2D eigenvalue weighted by Gasteiger charge is 2.62. The Kier molecular flexibility index (Phi) is 4.05. The fraction of sp³-hybridized carbons (Fsp3) is 0.824. The summed E-state index contributed by atoms with van der Waals surface area (Å²) in [6.07, 6.45) is 5.55. The number of hydrogen-bond donors (Lipinski definition) is 0. The van der Waals surface area contributed by atoms with Crippen molar-refractivity contribution in [2.24, 2.45) is 18.4 Å². The molecule has 0 aromatic carbocycles. The van der Waals surface area contributed by atoms with Crippen LogP contribution in [0.5, 0.6) is 0 Å². The molecule has 1 aliphatic carbocycles. The summed E-state index contributed by atoms with van der Waals surface area (Å²) >= 11 is 0. The molecule has 0 N–H and O–H groups in total. The first-order valence-corrected chi connectivity index (χ1v) is 9.10. The Morgan fingerprint density at radius 2 is 1.80 bits per heavy atom. The summed E-state index contributed by atoms with van der Waals surface area (Å²) in [5.74, 6) is -3.16. The fourth-order valence-electron chi connectivity index (χ4n) is 4.24. The van der Waals surface area contributed by atoms with Gasteiger partial charge in [0, 0.05) is 26.6 Å². The molecular formula is C17H25F2N5O. The number of nitrogens with zero attached hydrogens (tertiary/aromatic N) is 5. The lowest BCUT2D eigenvalue weighted by Crippen LogP contribution is -2.48. The van der Waals surface area contributed by atoms with Crippen LogP contribution in [0.3, 0.4) is 0 Å². The van der Waals surface area contributed by atoms with E-state index in [-0.39, 0.29) is 17.7 Å². The number of piperidine rings is 2. The second-order valence-electron chi connectivity index (χ2n) is 7.98. The maximum atomic E-state index is 13.1. The van der Waals surface area contributed by atoms with Crippen molar-refractivity contribution in [1.29, 1.82) is 0 Å². The average Bonchev–Trinajstić information content (AvgIpc) is 3.05. The van der Waals surface area contributed by atoms with Gasteiger partial charge in [-0.25, -0.2) is 8.78 Å². The first kappa shape index (κ1) is 16.9. The van der Waals surface area contributed by atoms with E-state index in [1.165, 1.54) is 0 Å². The molecule has 0 radical (unpaired) electrons. The van der Waals surface area contributed by atoms with Crippen LogP contribution in [-0.2, 0) is 18.4 Å². The molecule has 8 heteroatoms. The molecule has 2 aliphatic heterocycles. The highest BCUT2D eigenvalue weighted by atomic mass is 19.3. The van der Waals surface area contributed by atoms with Gasteiger partial charge in [0.05, 0.1) is 6.54 Å². The van der Waals surface area contributed by atoms with Gasteiger partial charge in [-0.15, -0.1) is 10.2 Å². The van der Waals surface area contributed by atoms with Crippen molar-refractivity contribution in [3.63, 3.8) is 0 Å². The lowest BCUT2D eigenvalue weighted by molar-refractivity contribution is -0.137. The number of hydrogen-bond acceptors (Lipinski definition) is 4. The normalized spacial score (nSPS) is 28.3. The molecule has 0 bridgehead atoms. The van der Waals surface area contributed by atoms with Gasteiger partial charge in [-0.2, -0.15) is 0 Å². The van der Waals surface area contributed by atoms with Gasteiger partial charge in [0.15, 0.2) is 0 Å². The minimum atomic E-state index is -2.75. The van der Waals surface area contributed by atoms with Crippen LogP contribution >= 0.6 is 0 Å². The number of aryl methyl sites for hydroxylation is 1. The Hall–Kier alpha value is -1.57. The number of likely N-dealkylation sites (tertiary alicyclic amines) is 2. The number of amides is 1. The summed E-state index contributed by atoms with van der Waals surface area (Å²) in [6.45, 7) is 4.11. The molecule has 1 aromatic rings. The Balaban J connectivity index is 1.27. The smallest absolute Gasteiger partial charge is 0.260 e. The van der Waals surface area contributed by atoms with Crippen LogP contribution in [0.2, 0.25) is 0 Å². The largest absolute Gasteiger partial charge is 0.342 e. The van der Waals surface area contributed by atoms with Gasteiger partial charge in [-0.1, -0.05) is 0 Å². The molecular weight excluding hydrogens is 328 g/mol. The molecule has 1 saturated carbocycles. The molecule has 3 aliphatic rings. The summed E-state index contributed by atoms with van der Waals surface area (Å²) in [4.78, 5) is 16.2. The van der Waals surface area contributed by atoms with Crippen LogP contribution in [0.15, 0.2) is 6.33 Å². The molecule has 25 heavy (non-hydrogen) atoms.